The Labute approximate surface area is 56.1 Å². The van der Waals surface area contributed by atoms with E-state index in [1.807, 2.05) is 18.7 Å². The van der Waals surface area contributed by atoms with Crippen LogP contribution in [0.3, 0.4) is 0 Å². The number of rotatable bonds is 2. The van der Waals surface area contributed by atoms with Gasteiger partial charge in [-0.2, -0.15) is 0 Å². The molecule has 1 N–H and O–H groups in total. The zero-order valence-corrected chi connectivity index (χ0v) is 6.27. The first kappa shape index (κ1) is 8.27. The van der Waals surface area contributed by atoms with Crippen molar-refractivity contribution >= 4 is 6.02 Å². The van der Waals surface area contributed by atoms with Gasteiger partial charge in [-0.15, -0.1) is 0 Å². The van der Waals surface area contributed by atoms with Crippen molar-refractivity contribution in [2.24, 2.45) is 0 Å². The molecule has 0 aliphatic heterocycles. The lowest BCUT2D eigenvalue weighted by atomic mass is 10.5. The van der Waals surface area contributed by atoms with E-state index in [-0.39, 0.29) is 6.02 Å². The van der Waals surface area contributed by atoms with Crippen molar-refractivity contribution in [1.82, 2.24) is 4.90 Å². The Hall–Kier alpha value is -0.730. The average molecular weight is 130 g/mol. The summed E-state index contributed by atoms with van der Waals surface area (Å²) in [6.07, 6.45) is 0. The van der Waals surface area contributed by atoms with Crippen LogP contribution in [-0.4, -0.2) is 31.1 Å². The van der Waals surface area contributed by atoms with Crippen LogP contribution in [0.5, 0.6) is 0 Å². The Bertz CT molecular complexity index is 89.1. The van der Waals surface area contributed by atoms with E-state index in [2.05, 4.69) is 0 Å². The molecular formula is C6H14N2O. The fraction of sp³-hybridized carbons (Fsp3) is 0.833. The van der Waals surface area contributed by atoms with Crippen molar-refractivity contribution < 1.29 is 4.74 Å². The Morgan fingerprint density at radius 3 is 2.00 bits per heavy atom. The van der Waals surface area contributed by atoms with E-state index in [1.54, 1.807) is 0 Å². The van der Waals surface area contributed by atoms with Gasteiger partial charge in [0.05, 0.1) is 7.11 Å². The van der Waals surface area contributed by atoms with Gasteiger partial charge in [0, 0.05) is 13.1 Å². The third-order valence-corrected chi connectivity index (χ3v) is 1.24. The van der Waals surface area contributed by atoms with Gasteiger partial charge in [0.15, 0.2) is 0 Å². The highest BCUT2D eigenvalue weighted by Crippen LogP contribution is 1.87. The topological polar surface area (TPSA) is 36.3 Å². The molecule has 0 rings (SSSR count). The van der Waals surface area contributed by atoms with Crippen molar-refractivity contribution in [2.45, 2.75) is 13.8 Å². The molecule has 0 bridgehead atoms. The summed E-state index contributed by atoms with van der Waals surface area (Å²) in [5, 5.41) is 7.20. The SMILES string of the molecule is CCN(CC)C(=N)OC. The zero-order chi connectivity index (χ0) is 7.28. The molecule has 0 amide bonds. The largest absolute Gasteiger partial charge is 0.469 e. The lowest BCUT2D eigenvalue weighted by Gasteiger charge is -2.18. The molecule has 0 unspecified atom stereocenters. The molecule has 0 saturated carbocycles. The first-order chi connectivity index (χ1) is 4.26. The number of methoxy groups -OCH3 is 1. The van der Waals surface area contributed by atoms with Crippen LogP contribution in [0.25, 0.3) is 0 Å². The van der Waals surface area contributed by atoms with Crippen LogP contribution < -0.4 is 0 Å². The summed E-state index contributed by atoms with van der Waals surface area (Å²) in [4.78, 5) is 1.83. The highest BCUT2D eigenvalue weighted by atomic mass is 16.5. The van der Waals surface area contributed by atoms with Gasteiger partial charge < -0.3 is 9.64 Å². The lowest BCUT2D eigenvalue weighted by molar-refractivity contribution is 0.291. The number of nitrogens with one attached hydrogen (secondary N) is 1. The van der Waals surface area contributed by atoms with E-state index < -0.39 is 0 Å². The Kier molecular flexibility index (Phi) is 3.84. The predicted octanol–water partition coefficient (Wildman–Crippen LogP) is 0.909. The van der Waals surface area contributed by atoms with Crippen LogP contribution in [0.2, 0.25) is 0 Å². The Balaban J connectivity index is 3.64. The molecule has 9 heavy (non-hydrogen) atoms. The monoisotopic (exact) mass is 130 g/mol. The molecule has 0 aromatic heterocycles. The molecule has 0 spiro atoms. The molecule has 0 atom stereocenters. The van der Waals surface area contributed by atoms with E-state index in [4.69, 9.17) is 10.1 Å². The summed E-state index contributed by atoms with van der Waals surface area (Å²) < 4.78 is 4.70. The van der Waals surface area contributed by atoms with Crippen LogP contribution in [-0.2, 0) is 4.74 Å². The molecule has 0 radical (unpaired) electrons. The first-order valence-corrected chi connectivity index (χ1v) is 3.13. The van der Waals surface area contributed by atoms with Gasteiger partial charge in [0.25, 0.3) is 6.02 Å². The Morgan fingerprint density at radius 1 is 1.44 bits per heavy atom. The molecule has 3 nitrogen and oxygen atoms in total. The molecule has 0 aliphatic carbocycles. The smallest absolute Gasteiger partial charge is 0.284 e. The van der Waals surface area contributed by atoms with Crippen molar-refractivity contribution in [3.63, 3.8) is 0 Å². The summed E-state index contributed by atoms with van der Waals surface area (Å²) in [5.41, 5.74) is 0. The van der Waals surface area contributed by atoms with Gasteiger partial charge in [0.2, 0.25) is 0 Å². The number of amidine groups is 1. The summed E-state index contributed by atoms with van der Waals surface area (Å²) in [5.74, 6) is 0. The van der Waals surface area contributed by atoms with E-state index in [1.165, 1.54) is 7.11 Å². The van der Waals surface area contributed by atoms with E-state index >= 15 is 0 Å². The van der Waals surface area contributed by atoms with Gasteiger partial charge in [-0.1, -0.05) is 0 Å². The number of nitrogens with zero attached hydrogens (tertiary/aromatic N) is 1. The van der Waals surface area contributed by atoms with Crippen molar-refractivity contribution in [3.05, 3.63) is 0 Å². The number of hydrogen-bond acceptors (Lipinski definition) is 2. The van der Waals surface area contributed by atoms with Crippen LogP contribution in [0.4, 0.5) is 0 Å². The molecule has 0 aliphatic rings. The fourth-order valence-corrected chi connectivity index (χ4v) is 0.640. The molecule has 0 fully saturated rings. The fourth-order valence-electron chi connectivity index (χ4n) is 0.640. The van der Waals surface area contributed by atoms with Crippen LogP contribution in [0.1, 0.15) is 13.8 Å². The highest BCUT2D eigenvalue weighted by Gasteiger charge is 2.01. The normalized spacial score (nSPS) is 8.78. The summed E-state index contributed by atoms with van der Waals surface area (Å²) in [7, 11) is 1.51. The average Bonchev–Trinajstić information content (AvgIpc) is 1.90. The van der Waals surface area contributed by atoms with E-state index in [0.717, 1.165) is 13.1 Å². The second kappa shape index (κ2) is 4.18. The predicted molar refractivity (Wildman–Crippen MR) is 37.7 cm³/mol. The van der Waals surface area contributed by atoms with Crippen molar-refractivity contribution in [3.8, 4) is 0 Å². The third-order valence-electron chi connectivity index (χ3n) is 1.24. The molecule has 3 heteroatoms. The van der Waals surface area contributed by atoms with Crippen molar-refractivity contribution in [2.75, 3.05) is 20.2 Å². The minimum Gasteiger partial charge on any atom is -0.469 e. The molecule has 0 aromatic carbocycles. The molecule has 54 valence electrons. The van der Waals surface area contributed by atoms with E-state index in [9.17, 15) is 0 Å². The maximum absolute atomic E-state index is 7.20. The zero-order valence-electron chi connectivity index (χ0n) is 6.27. The third kappa shape index (κ3) is 2.35. The summed E-state index contributed by atoms with van der Waals surface area (Å²) in [6.45, 7) is 5.67. The quantitative estimate of drug-likeness (QED) is 0.445. The van der Waals surface area contributed by atoms with Gasteiger partial charge in [-0.25, -0.2) is 0 Å². The first-order valence-electron chi connectivity index (χ1n) is 3.13. The second-order valence-corrected chi connectivity index (χ2v) is 1.68. The van der Waals surface area contributed by atoms with Crippen LogP contribution in [0, 0.1) is 5.41 Å². The van der Waals surface area contributed by atoms with Gasteiger partial charge in [0.1, 0.15) is 0 Å². The van der Waals surface area contributed by atoms with Crippen LogP contribution >= 0.6 is 0 Å². The van der Waals surface area contributed by atoms with E-state index in [0.29, 0.717) is 0 Å². The molecular weight excluding hydrogens is 116 g/mol. The lowest BCUT2D eigenvalue weighted by Crippen LogP contribution is -2.30. The number of hydrogen-bond donors (Lipinski definition) is 1. The van der Waals surface area contributed by atoms with Crippen LogP contribution in [0.15, 0.2) is 0 Å². The summed E-state index contributed by atoms with van der Waals surface area (Å²) >= 11 is 0. The molecule has 0 aromatic rings. The maximum Gasteiger partial charge on any atom is 0.284 e. The standard InChI is InChI=1S/C6H14N2O/c1-4-8(5-2)6(7)9-3/h7H,4-5H2,1-3H3. The van der Waals surface area contributed by atoms with Gasteiger partial charge in [-0.05, 0) is 13.8 Å². The highest BCUT2D eigenvalue weighted by molar-refractivity contribution is 5.69. The second-order valence-electron chi connectivity index (χ2n) is 1.68. The molecule has 0 heterocycles. The minimum atomic E-state index is 0.250. The molecule has 0 saturated heterocycles. The Morgan fingerprint density at radius 2 is 1.89 bits per heavy atom. The minimum absolute atomic E-state index is 0.250. The summed E-state index contributed by atoms with van der Waals surface area (Å²) in [6, 6.07) is 0.250. The maximum atomic E-state index is 7.20. The van der Waals surface area contributed by atoms with Gasteiger partial charge in [-0.3, -0.25) is 5.41 Å². The van der Waals surface area contributed by atoms with Gasteiger partial charge >= 0.3 is 0 Å². The number of ether oxygens (including phenoxy) is 1. The van der Waals surface area contributed by atoms with Crippen molar-refractivity contribution in [1.29, 1.82) is 5.41 Å².